The second kappa shape index (κ2) is 4.02. The molecule has 0 saturated carbocycles. The van der Waals surface area contributed by atoms with Gasteiger partial charge >= 0.3 is 0 Å². The van der Waals surface area contributed by atoms with Gasteiger partial charge in [-0.25, -0.2) is 0 Å². The van der Waals surface area contributed by atoms with Crippen molar-refractivity contribution in [3.8, 4) is 0 Å². The summed E-state index contributed by atoms with van der Waals surface area (Å²) in [5.41, 5.74) is 5.64. The van der Waals surface area contributed by atoms with Crippen LogP contribution in [0.15, 0.2) is 40.8 Å². The first-order valence-corrected chi connectivity index (χ1v) is 6.26. The van der Waals surface area contributed by atoms with Crippen LogP contribution in [0.4, 0.5) is 0 Å². The third-order valence-electron chi connectivity index (χ3n) is 3.43. The van der Waals surface area contributed by atoms with Gasteiger partial charge in [0.05, 0.1) is 0 Å². The topological polar surface area (TPSA) is 13.1 Å². The van der Waals surface area contributed by atoms with E-state index in [1.165, 1.54) is 27.5 Å². The molecular formula is C17H16O. The summed E-state index contributed by atoms with van der Waals surface area (Å²) in [6.07, 6.45) is 4.17. The highest BCUT2D eigenvalue weighted by molar-refractivity contribution is 6.06. The summed E-state index contributed by atoms with van der Waals surface area (Å²) in [4.78, 5) is 0. The molecule has 90 valence electrons. The van der Waals surface area contributed by atoms with Crippen molar-refractivity contribution < 1.29 is 4.42 Å². The zero-order chi connectivity index (χ0) is 12.7. The SMILES string of the molecule is C/C=C\c1ccc2c(oc3cc(C)ccc32)c1C. The Labute approximate surface area is 107 Å². The van der Waals surface area contributed by atoms with E-state index < -0.39 is 0 Å². The summed E-state index contributed by atoms with van der Waals surface area (Å²) in [5.74, 6) is 0. The molecule has 1 nitrogen and oxygen atoms in total. The lowest BCUT2D eigenvalue weighted by atomic mass is 10.0. The average Bonchev–Trinajstić information content (AvgIpc) is 2.71. The Morgan fingerprint density at radius 1 is 1.00 bits per heavy atom. The highest BCUT2D eigenvalue weighted by Crippen LogP contribution is 2.32. The summed E-state index contributed by atoms with van der Waals surface area (Å²) in [6, 6.07) is 10.7. The summed E-state index contributed by atoms with van der Waals surface area (Å²) in [7, 11) is 0. The molecule has 0 spiro atoms. The fourth-order valence-electron chi connectivity index (χ4n) is 2.46. The Hall–Kier alpha value is -2.02. The Morgan fingerprint density at radius 2 is 1.78 bits per heavy atom. The van der Waals surface area contributed by atoms with Crippen LogP contribution in [0.25, 0.3) is 28.0 Å². The Morgan fingerprint density at radius 3 is 2.56 bits per heavy atom. The molecule has 0 unspecified atom stereocenters. The molecule has 0 atom stereocenters. The van der Waals surface area contributed by atoms with Crippen LogP contribution in [-0.2, 0) is 0 Å². The number of hydrogen-bond acceptors (Lipinski definition) is 1. The first-order valence-electron chi connectivity index (χ1n) is 6.26. The number of fused-ring (bicyclic) bond motifs is 3. The molecule has 0 saturated heterocycles. The van der Waals surface area contributed by atoms with Gasteiger partial charge in [-0.05, 0) is 49.6 Å². The molecule has 0 radical (unpaired) electrons. The van der Waals surface area contributed by atoms with E-state index in [-0.39, 0.29) is 0 Å². The fraction of sp³-hybridized carbons (Fsp3) is 0.176. The molecule has 3 rings (SSSR count). The van der Waals surface area contributed by atoms with Gasteiger partial charge in [-0.3, -0.25) is 0 Å². The van der Waals surface area contributed by atoms with Crippen LogP contribution in [0.3, 0.4) is 0 Å². The van der Waals surface area contributed by atoms with Crippen molar-refractivity contribution in [1.82, 2.24) is 0 Å². The lowest BCUT2D eigenvalue weighted by molar-refractivity contribution is 0.665. The Kier molecular flexibility index (Phi) is 2.48. The van der Waals surface area contributed by atoms with E-state index in [9.17, 15) is 0 Å². The molecule has 1 heterocycles. The third kappa shape index (κ3) is 1.55. The van der Waals surface area contributed by atoms with Crippen molar-refractivity contribution in [2.24, 2.45) is 0 Å². The van der Waals surface area contributed by atoms with Gasteiger partial charge in [-0.2, -0.15) is 0 Å². The van der Waals surface area contributed by atoms with E-state index in [0.29, 0.717) is 0 Å². The minimum Gasteiger partial charge on any atom is -0.456 e. The normalized spacial score (nSPS) is 11.9. The lowest BCUT2D eigenvalue weighted by Crippen LogP contribution is -1.80. The highest BCUT2D eigenvalue weighted by atomic mass is 16.3. The van der Waals surface area contributed by atoms with Crippen molar-refractivity contribution in [3.63, 3.8) is 0 Å². The molecule has 0 fully saturated rings. The largest absolute Gasteiger partial charge is 0.456 e. The van der Waals surface area contributed by atoms with Gasteiger partial charge in [0.1, 0.15) is 11.2 Å². The van der Waals surface area contributed by atoms with Gasteiger partial charge in [0, 0.05) is 10.8 Å². The number of allylic oxidation sites excluding steroid dienone is 1. The van der Waals surface area contributed by atoms with Crippen LogP contribution in [0, 0.1) is 13.8 Å². The van der Waals surface area contributed by atoms with Crippen LogP contribution in [0.5, 0.6) is 0 Å². The van der Waals surface area contributed by atoms with Gasteiger partial charge in [0.25, 0.3) is 0 Å². The molecule has 0 aliphatic rings. The van der Waals surface area contributed by atoms with Gasteiger partial charge in [-0.15, -0.1) is 0 Å². The third-order valence-corrected chi connectivity index (χ3v) is 3.43. The van der Waals surface area contributed by atoms with Crippen LogP contribution >= 0.6 is 0 Å². The van der Waals surface area contributed by atoms with Crippen molar-refractivity contribution in [2.45, 2.75) is 20.8 Å². The van der Waals surface area contributed by atoms with E-state index in [4.69, 9.17) is 4.42 Å². The molecule has 0 aliphatic carbocycles. The number of furan rings is 1. The smallest absolute Gasteiger partial charge is 0.138 e. The first-order chi connectivity index (χ1) is 8.70. The average molecular weight is 236 g/mol. The Balaban J connectivity index is 2.42. The second-order valence-electron chi connectivity index (χ2n) is 4.76. The lowest BCUT2D eigenvalue weighted by Gasteiger charge is -2.00. The van der Waals surface area contributed by atoms with Gasteiger partial charge in [-0.1, -0.05) is 30.4 Å². The maximum absolute atomic E-state index is 6.02. The summed E-state index contributed by atoms with van der Waals surface area (Å²) in [6.45, 7) is 6.24. The second-order valence-corrected chi connectivity index (χ2v) is 4.76. The van der Waals surface area contributed by atoms with Crippen LogP contribution in [0.2, 0.25) is 0 Å². The molecule has 3 aromatic rings. The van der Waals surface area contributed by atoms with E-state index in [1.807, 2.05) is 6.92 Å². The predicted molar refractivity (Wildman–Crippen MR) is 77.9 cm³/mol. The van der Waals surface area contributed by atoms with Crippen LogP contribution < -0.4 is 0 Å². The molecule has 18 heavy (non-hydrogen) atoms. The van der Waals surface area contributed by atoms with Gasteiger partial charge in [0.2, 0.25) is 0 Å². The zero-order valence-corrected chi connectivity index (χ0v) is 10.9. The van der Waals surface area contributed by atoms with E-state index in [2.05, 4.69) is 56.3 Å². The number of hydrogen-bond donors (Lipinski definition) is 0. The van der Waals surface area contributed by atoms with Crippen molar-refractivity contribution in [1.29, 1.82) is 0 Å². The number of aryl methyl sites for hydroxylation is 2. The van der Waals surface area contributed by atoms with Crippen LogP contribution in [0.1, 0.15) is 23.6 Å². The highest BCUT2D eigenvalue weighted by Gasteiger charge is 2.10. The quantitative estimate of drug-likeness (QED) is 0.563. The van der Waals surface area contributed by atoms with Crippen molar-refractivity contribution in [3.05, 3.63) is 53.1 Å². The number of rotatable bonds is 1. The zero-order valence-electron chi connectivity index (χ0n) is 10.9. The molecule has 0 bridgehead atoms. The molecule has 0 N–H and O–H groups in total. The van der Waals surface area contributed by atoms with Gasteiger partial charge in [0.15, 0.2) is 0 Å². The monoisotopic (exact) mass is 236 g/mol. The Bertz CT molecular complexity index is 760. The standard InChI is InChI=1S/C17H16O/c1-4-5-13-7-9-15-14-8-6-11(2)10-16(14)18-17(15)12(13)3/h4-10H,1-3H3/b5-4-. The fourth-order valence-corrected chi connectivity index (χ4v) is 2.46. The molecule has 1 aromatic heterocycles. The summed E-state index contributed by atoms with van der Waals surface area (Å²) < 4.78 is 6.02. The maximum Gasteiger partial charge on any atom is 0.138 e. The molecule has 0 aliphatic heterocycles. The van der Waals surface area contributed by atoms with Crippen molar-refractivity contribution in [2.75, 3.05) is 0 Å². The summed E-state index contributed by atoms with van der Waals surface area (Å²) in [5, 5.41) is 2.40. The van der Waals surface area contributed by atoms with Crippen molar-refractivity contribution >= 4 is 28.0 Å². The minimum absolute atomic E-state index is 0.978. The summed E-state index contributed by atoms with van der Waals surface area (Å²) >= 11 is 0. The first kappa shape index (κ1) is 11.1. The van der Waals surface area contributed by atoms with E-state index >= 15 is 0 Å². The number of benzene rings is 2. The molecule has 1 heteroatoms. The molecule has 0 amide bonds. The maximum atomic E-state index is 6.02. The molecule has 2 aromatic carbocycles. The van der Waals surface area contributed by atoms with E-state index in [1.54, 1.807) is 0 Å². The van der Waals surface area contributed by atoms with E-state index in [0.717, 1.165) is 11.2 Å². The minimum atomic E-state index is 0.978. The van der Waals surface area contributed by atoms with Gasteiger partial charge < -0.3 is 4.42 Å². The molecular weight excluding hydrogens is 220 g/mol. The predicted octanol–water partition coefficient (Wildman–Crippen LogP) is 5.24. The van der Waals surface area contributed by atoms with Crippen LogP contribution in [-0.4, -0.2) is 0 Å².